The van der Waals surface area contributed by atoms with Gasteiger partial charge in [0, 0.05) is 33.2 Å². The van der Waals surface area contributed by atoms with Crippen LogP contribution in [0.3, 0.4) is 0 Å². The topological polar surface area (TPSA) is 33.2 Å². The van der Waals surface area contributed by atoms with Crippen molar-refractivity contribution >= 4 is 67.1 Å². The lowest BCUT2D eigenvalue weighted by Gasteiger charge is -2.16. The van der Waals surface area contributed by atoms with Gasteiger partial charge in [0.1, 0.15) is 5.15 Å². The number of anilines is 1. The van der Waals surface area contributed by atoms with Crippen LogP contribution in [0.5, 0.6) is 0 Å². The van der Waals surface area contributed by atoms with E-state index >= 15 is 0 Å². The van der Waals surface area contributed by atoms with Crippen LogP contribution in [-0.2, 0) is 0 Å². The number of carbonyl (C=O) groups is 1. The van der Waals surface area contributed by atoms with Gasteiger partial charge in [-0.15, -0.1) is 11.3 Å². The molecule has 2 aromatic carbocycles. The number of hydrogen-bond donors (Lipinski definition) is 0. The van der Waals surface area contributed by atoms with Crippen LogP contribution in [0.4, 0.5) is 5.69 Å². The van der Waals surface area contributed by atoms with Gasteiger partial charge < -0.3 is 4.90 Å². The van der Waals surface area contributed by atoms with E-state index in [1.165, 1.54) is 11.3 Å². The Morgan fingerprint density at radius 2 is 1.84 bits per heavy atom. The molecule has 2 aromatic heterocycles. The molecule has 0 atom stereocenters. The van der Waals surface area contributed by atoms with E-state index in [1.54, 1.807) is 24.1 Å². The van der Waals surface area contributed by atoms with Crippen LogP contribution in [0.1, 0.15) is 9.67 Å². The normalized spacial score (nSPS) is 11.2. The predicted molar refractivity (Wildman–Crippen MR) is 106 cm³/mol. The molecule has 0 saturated carbocycles. The molecule has 0 unspecified atom stereocenters. The molecule has 0 fully saturated rings. The van der Waals surface area contributed by atoms with Gasteiger partial charge in [-0.2, -0.15) is 0 Å². The molecular weight excluding hydrogens is 375 g/mol. The second-order valence-corrected chi connectivity index (χ2v) is 7.46. The lowest BCUT2D eigenvalue weighted by molar-refractivity contribution is 0.0997. The first-order valence-electron chi connectivity index (χ1n) is 7.56. The van der Waals surface area contributed by atoms with E-state index in [4.69, 9.17) is 23.2 Å². The molecule has 4 rings (SSSR count). The fraction of sp³-hybridized carbons (Fsp3) is 0.0526. The number of pyridine rings is 1. The minimum absolute atomic E-state index is 0.108. The third-order valence-electron chi connectivity index (χ3n) is 4.03. The second-order valence-electron chi connectivity index (χ2n) is 5.62. The molecule has 0 saturated heterocycles. The van der Waals surface area contributed by atoms with Crippen molar-refractivity contribution < 1.29 is 4.79 Å². The summed E-state index contributed by atoms with van der Waals surface area (Å²) in [7, 11) is 1.73. The fourth-order valence-electron chi connectivity index (χ4n) is 2.75. The lowest BCUT2D eigenvalue weighted by Crippen LogP contribution is -2.25. The molecule has 3 nitrogen and oxygen atoms in total. The van der Waals surface area contributed by atoms with Gasteiger partial charge in [-0.25, -0.2) is 4.98 Å². The van der Waals surface area contributed by atoms with Gasteiger partial charge in [0.05, 0.1) is 10.4 Å². The SMILES string of the molecule is CN(C(=O)c1cc2c(Cl)nc3ccccc3c2s1)c1cccc(Cl)c1. The predicted octanol–water partition coefficient (Wildman–Crippen LogP) is 6.03. The zero-order valence-corrected chi connectivity index (χ0v) is 15.5. The summed E-state index contributed by atoms with van der Waals surface area (Å²) in [6, 6.07) is 16.8. The van der Waals surface area contributed by atoms with Gasteiger partial charge in [0.15, 0.2) is 0 Å². The maximum atomic E-state index is 12.9. The minimum atomic E-state index is -0.108. The van der Waals surface area contributed by atoms with Crippen molar-refractivity contribution in [3.05, 3.63) is 69.7 Å². The van der Waals surface area contributed by atoms with E-state index in [0.717, 1.165) is 26.7 Å². The van der Waals surface area contributed by atoms with Crippen LogP contribution in [-0.4, -0.2) is 17.9 Å². The van der Waals surface area contributed by atoms with E-state index < -0.39 is 0 Å². The Morgan fingerprint density at radius 3 is 2.64 bits per heavy atom. The highest BCUT2D eigenvalue weighted by Gasteiger charge is 2.19. The smallest absolute Gasteiger partial charge is 0.268 e. The quantitative estimate of drug-likeness (QED) is 0.393. The average molecular weight is 387 g/mol. The number of amides is 1. The molecule has 1 amide bonds. The zero-order valence-electron chi connectivity index (χ0n) is 13.2. The molecule has 0 N–H and O–H groups in total. The van der Waals surface area contributed by atoms with Crippen LogP contribution in [0, 0.1) is 0 Å². The highest BCUT2D eigenvalue weighted by Crippen LogP contribution is 2.36. The molecule has 25 heavy (non-hydrogen) atoms. The Bertz CT molecular complexity index is 1120. The molecule has 0 aliphatic rings. The molecule has 4 aromatic rings. The first-order chi connectivity index (χ1) is 12.0. The number of halogens is 2. The van der Waals surface area contributed by atoms with Gasteiger partial charge in [0.2, 0.25) is 0 Å². The van der Waals surface area contributed by atoms with Gasteiger partial charge in [0.25, 0.3) is 5.91 Å². The number of nitrogens with zero attached hydrogens (tertiary/aromatic N) is 2. The molecule has 2 heterocycles. The maximum Gasteiger partial charge on any atom is 0.268 e. The first-order valence-corrected chi connectivity index (χ1v) is 9.13. The number of carbonyl (C=O) groups excluding carboxylic acids is 1. The van der Waals surface area contributed by atoms with Crippen molar-refractivity contribution in [3.63, 3.8) is 0 Å². The summed E-state index contributed by atoms with van der Waals surface area (Å²) < 4.78 is 0.971. The largest absolute Gasteiger partial charge is 0.311 e. The van der Waals surface area contributed by atoms with Crippen LogP contribution in [0.15, 0.2) is 54.6 Å². The molecule has 124 valence electrons. The summed E-state index contributed by atoms with van der Waals surface area (Å²) in [6.45, 7) is 0. The Hall–Kier alpha value is -2.14. The Kier molecular flexibility index (Phi) is 4.12. The first kappa shape index (κ1) is 16.3. The van der Waals surface area contributed by atoms with E-state index in [-0.39, 0.29) is 5.91 Å². The van der Waals surface area contributed by atoms with E-state index in [0.29, 0.717) is 15.1 Å². The summed E-state index contributed by atoms with van der Waals surface area (Å²) in [5.74, 6) is -0.108. The van der Waals surface area contributed by atoms with Crippen molar-refractivity contribution in [3.8, 4) is 0 Å². The number of aromatic nitrogens is 1. The molecule has 0 bridgehead atoms. The zero-order chi connectivity index (χ0) is 17.6. The number of hydrogen-bond acceptors (Lipinski definition) is 3. The number of fused-ring (bicyclic) bond motifs is 3. The summed E-state index contributed by atoms with van der Waals surface area (Å²) >= 11 is 13.8. The van der Waals surface area contributed by atoms with E-state index in [2.05, 4.69) is 4.98 Å². The maximum absolute atomic E-state index is 12.9. The summed E-state index contributed by atoms with van der Waals surface area (Å²) in [5, 5.41) is 2.80. The number of rotatable bonds is 2. The fourth-order valence-corrected chi connectivity index (χ4v) is 4.40. The van der Waals surface area contributed by atoms with Crippen molar-refractivity contribution in [2.75, 3.05) is 11.9 Å². The highest BCUT2D eigenvalue weighted by molar-refractivity contribution is 7.22. The van der Waals surface area contributed by atoms with Crippen molar-refractivity contribution in [2.24, 2.45) is 0 Å². The van der Waals surface area contributed by atoms with Gasteiger partial charge in [-0.3, -0.25) is 4.79 Å². The molecule has 0 aliphatic heterocycles. The van der Waals surface area contributed by atoms with Gasteiger partial charge >= 0.3 is 0 Å². The summed E-state index contributed by atoms with van der Waals surface area (Å²) in [4.78, 5) is 19.5. The lowest BCUT2D eigenvalue weighted by atomic mass is 10.2. The van der Waals surface area contributed by atoms with E-state index in [1.807, 2.05) is 42.5 Å². The molecule has 0 aliphatic carbocycles. The van der Waals surface area contributed by atoms with Crippen molar-refractivity contribution in [2.45, 2.75) is 0 Å². The highest BCUT2D eigenvalue weighted by atomic mass is 35.5. The second kappa shape index (κ2) is 6.30. The standard InChI is InChI=1S/C19H12Cl2N2OS/c1-23(12-6-4-5-11(20)9-12)19(24)16-10-14-17(25-16)13-7-2-3-8-15(13)22-18(14)21/h2-10H,1H3. The third-order valence-corrected chi connectivity index (χ3v) is 5.71. The molecule has 0 radical (unpaired) electrons. The van der Waals surface area contributed by atoms with Crippen molar-refractivity contribution in [1.82, 2.24) is 4.98 Å². The number of thiophene rings is 1. The molecule has 6 heteroatoms. The average Bonchev–Trinajstić information content (AvgIpc) is 3.07. The Balaban J connectivity index is 1.83. The monoisotopic (exact) mass is 386 g/mol. The Morgan fingerprint density at radius 1 is 1.04 bits per heavy atom. The summed E-state index contributed by atoms with van der Waals surface area (Å²) in [6.07, 6.45) is 0. The third kappa shape index (κ3) is 2.86. The number of benzene rings is 2. The van der Waals surface area contributed by atoms with Crippen LogP contribution in [0.25, 0.3) is 21.0 Å². The van der Waals surface area contributed by atoms with Crippen LogP contribution < -0.4 is 4.90 Å². The molecule has 0 spiro atoms. The van der Waals surface area contributed by atoms with Gasteiger partial charge in [-0.1, -0.05) is 47.5 Å². The molecular formula is C19H12Cl2N2OS. The van der Waals surface area contributed by atoms with Crippen molar-refractivity contribution in [1.29, 1.82) is 0 Å². The van der Waals surface area contributed by atoms with Crippen LogP contribution >= 0.6 is 34.5 Å². The van der Waals surface area contributed by atoms with E-state index in [9.17, 15) is 4.79 Å². The minimum Gasteiger partial charge on any atom is -0.311 e. The Labute approximate surface area is 158 Å². The summed E-state index contributed by atoms with van der Waals surface area (Å²) in [5.41, 5.74) is 1.56. The van der Waals surface area contributed by atoms with Crippen LogP contribution in [0.2, 0.25) is 10.2 Å². The van der Waals surface area contributed by atoms with Gasteiger partial charge in [-0.05, 0) is 30.3 Å². The number of para-hydroxylation sites is 1.